The van der Waals surface area contributed by atoms with E-state index < -0.39 is 18.2 Å². The molecule has 4 rings (SSSR count). The Morgan fingerprint density at radius 3 is 2.01 bits per heavy atom. The molecule has 2 aromatic heterocycles. The van der Waals surface area contributed by atoms with Crippen LogP contribution in [0.4, 0.5) is 9.93 Å². The molecule has 1 aliphatic rings. The fraction of sp³-hybridized carbons (Fsp3) is 0.679. The van der Waals surface area contributed by atoms with E-state index >= 15 is 0 Å². The number of Topliss-reactive ketones (excluding diaryl/α,β-unsaturated/α-hetero) is 1. The number of anilines is 1. The second kappa shape index (κ2) is 42.1. The Kier molecular flexibility index (Phi) is 41.6. The van der Waals surface area contributed by atoms with Crippen molar-refractivity contribution in [3.05, 3.63) is 29.6 Å². The standard InChI is InChI=1S/C17H36N4O2.C17H19N3O2S.C12H22N2O3.C4H10.C3H6O.C2H6.CH2O/c1-14(2)21(7)11-8-10-20(6)13-15(17(3,4)5)19-16(23)18-9-12-22;1-10(2)18-17-20-15(9-23-17)14-8-16(22-4)12-6-5-11(21-3)7-13(12)19-14;1-4-8(2)10(12(16)17)13-11-9(15)6-5-7-14(11)3;1-4(2)3;1-2-3-4;2*1-2/h12,14-15H,8-11,13H2,1-7H3,(H2,18,19,23);5-10H,1-4H3,(H,18,20);8,10-11,13H,4-7H2,1-3H3,(H,16,17);4H,1-3H3;3H,2H2,1H3;1-2H3;1H2/t;;8?,10?,11-;;;;/m..0..../s1. The molecule has 75 heavy (non-hydrogen) atoms. The number of aldehydes is 2. The Hall–Kier alpha value is -5.08. The van der Waals surface area contributed by atoms with E-state index in [9.17, 15) is 29.1 Å². The number of nitrogens with one attached hydrogen (secondary N) is 4. The number of nitrogens with zero attached hydrogens (tertiary/aromatic N) is 5. The molecule has 2 amide bonds. The number of carbonyl (C=O) groups excluding carboxylic acids is 5. The van der Waals surface area contributed by atoms with Gasteiger partial charge in [-0.15, -0.1) is 11.3 Å². The third-order valence-electron chi connectivity index (χ3n) is 11.2. The van der Waals surface area contributed by atoms with Gasteiger partial charge in [0.05, 0.1) is 32.0 Å². The topological polar surface area (TPSA) is 225 Å². The van der Waals surface area contributed by atoms with Crippen LogP contribution in [-0.4, -0.2) is 165 Å². The molecule has 1 aliphatic heterocycles. The van der Waals surface area contributed by atoms with Gasteiger partial charge in [-0.25, -0.2) is 14.8 Å². The van der Waals surface area contributed by atoms with Crippen molar-refractivity contribution in [3.8, 4) is 22.9 Å². The number of benzene rings is 1. The summed E-state index contributed by atoms with van der Waals surface area (Å²) in [5.74, 6) is 1.60. The van der Waals surface area contributed by atoms with Crippen LogP contribution in [0.25, 0.3) is 22.3 Å². The minimum Gasteiger partial charge on any atom is -0.497 e. The Morgan fingerprint density at radius 2 is 1.55 bits per heavy atom. The number of hydrogen-bond donors (Lipinski definition) is 5. The largest absolute Gasteiger partial charge is 0.497 e. The lowest BCUT2D eigenvalue weighted by molar-refractivity contribution is -0.142. The number of rotatable bonds is 21. The van der Waals surface area contributed by atoms with Crippen LogP contribution in [0, 0.1) is 17.3 Å². The minimum atomic E-state index is -0.883. The van der Waals surface area contributed by atoms with Crippen molar-refractivity contribution in [2.75, 3.05) is 73.4 Å². The smallest absolute Gasteiger partial charge is 0.321 e. The molecule has 3 unspecified atom stereocenters. The fourth-order valence-corrected chi connectivity index (χ4v) is 7.41. The molecular formula is C56H101N9O9S. The van der Waals surface area contributed by atoms with Gasteiger partial charge < -0.3 is 54.7 Å². The highest BCUT2D eigenvalue weighted by molar-refractivity contribution is 7.14. The quantitative estimate of drug-likeness (QED) is 0.0626. The van der Waals surface area contributed by atoms with E-state index in [1.165, 1.54) is 0 Å². The number of aliphatic carboxylic acids is 1. The van der Waals surface area contributed by atoms with E-state index in [0.717, 1.165) is 96.6 Å². The molecule has 430 valence electrons. The molecule has 3 heterocycles. The number of carbonyl (C=O) groups is 6. The number of urea groups is 1. The van der Waals surface area contributed by atoms with Gasteiger partial charge in [0.15, 0.2) is 10.9 Å². The number of carboxylic acids is 1. The van der Waals surface area contributed by atoms with E-state index in [0.29, 0.717) is 31.2 Å². The Bertz CT molecular complexity index is 2010. The number of piperidine rings is 1. The van der Waals surface area contributed by atoms with Gasteiger partial charge in [-0.2, -0.15) is 0 Å². The zero-order chi connectivity index (χ0) is 58.4. The summed E-state index contributed by atoms with van der Waals surface area (Å²) in [6.45, 7) is 36.8. The molecule has 3 aromatic rings. The van der Waals surface area contributed by atoms with E-state index in [2.05, 4.69) is 119 Å². The average molecular weight is 1080 g/mol. The molecule has 5 N–H and O–H groups in total. The zero-order valence-electron chi connectivity index (χ0n) is 49.7. The predicted molar refractivity (Wildman–Crippen MR) is 310 cm³/mol. The summed E-state index contributed by atoms with van der Waals surface area (Å²) in [6.07, 6.45) is 5.01. The molecule has 4 atom stereocenters. The summed E-state index contributed by atoms with van der Waals surface area (Å²) in [6, 6.07) is 7.66. The molecule has 0 radical (unpaired) electrons. The first-order valence-electron chi connectivity index (χ1n) is 26.4. The molecule has 0 aliphatic carbocycles. The van der Waals surface area contributed by atoms with E-state index in [4.69, 9.17) is 19.3 Å². The second-order valence-electron chi connectivity index (χ2n) is 20.2. The van der Waals surface area contributed by atoms with Crippen LogP contribution >= 0.6 is 11.3 Å². The summed E-state index contributed by atoms with van der Waals surface area (Å²) < 4.78 is 10.8. The highest BCUT2D eigenvalue weighted by Gasteiger charge is 2.33. The molecule has 1 fully saturated rings. The van der Waals surface area contributed by atoms with Crippen LogP contribution in [0.15, 0.2) is 29.6 Å². The van der Waals surface area contributed by atoms with Crippen LogP contribution in [0.1, 0.15) is 136 Å². The van der Waals surface area contributed by atoms with Crippen LogP contribution in [0.5, 0.6) is 11.5 Å². The number of likely N-dealkylation sites (N-methyl/N-ethyl adjacent to an activating group) is 2. The van der Waals surface area contributed by atoms with Gasteiger partial charge in [-0.3, -0.25) is 19.8 Å². The molecule has 1 aromatic carbocycles. The normalized spacial score (nSPS) is 14.3. The first-order chi connectivity index (χ1) is 35.3. The van der Waals surface area contributed by atoms with Crippen molar-refractivity contribution in [1.29, 1.82) is 0 Å². The lowest BCUT2D eigenvalue weighted by Crippen LogP contribution is -2.58. The first kappa shape index (κ1) is 74.2. The van der Waals surface area contributed by atoms with Crippen LogP contribution in [-0.2, 0) is 24.0 Å². The first-order valence-corrected chi connectivity index (χ1v) is 27.2. The lowest BCUT2D eigenvalue weighted by atomic mass is 9.86. The number of fused-ring (bicyclic) bond motifs is 1. The Labute approximate surface area is 456 Å². The number of methoxy groups -OCH3 is 2. The second-order valence-corrected chi connectivity index (χ2v) is 21.0. The van der Waals surface area contributed by atoms with Gasteiger partial charge in [0.25, 0.3) is 0 Å². The maximum atomic E-state index is 11.8. The molecule has 19 heteroatoms. The number of pyridine rings is 1. The van der Waals surface area contributed by atoms with Crippen LogP contribution in [0.3, 0.4) is 0 Å². The summed E-state index contributed by atoms with van der Waals surface area (Å²) >= 11 is 1.57. The number of aromatic nitrogens is 2. The summed E-state index contributed by atoms with van der Waals surface area (Å²) in [4.78, 5) is 78.1. The number of likely N-dealkylation sites (tertiary alicyclic amines) is 1. The predicted octanol–water partition coefficient (Wildman–Crippen LogP) is 9.55. The highest BCUT2D eigenvalue weighted by atomic mass is 32.1. The Balaban J connectivity index is -0.000000942. The maximum Gasteiger partial charge on any atom is 0.321 e. The number of hydrogen-bond acceptors (Lipinski definition) is 16. The van der Waals surface area contributed by atoms with E-state index in [1.54, 1.807) is 25.6 Å². The van der Waals surface area contributed by atoms with Crippen molar-refractivity contribution >= 4 is 64.5 Å². The zero-order valence-corrected chi connectivity index (χ0v) is 50.5. The van der Waals surface area contributed by atoms with Gasteiger partial charge >= 0.3 is 12.0 Å². The van der Waals surface area contributed by atoms with Gasteiger partial charge in [-0.1, -0.05) is 82.6 Å². The summed E-state index contributed by atoms with van der Waals surface area (Å²) in [5, 5.41) is 24.8. The molecule has 0 bridgehead atoms. The van der Waals surface area contributed by atoms with Crippen molar-refractivity contribution in [3.63, 3.8) is 0 Å². The number of amides is 2. The fourth-order valence-electron chi connectivity index (χ4n) is 6.56. The summed E-state index contributed by atoms with van der Waals surface area (Å²) in [7, 11) is 9.38. The molecule has 1 saturated heterocycles. The number of ketones is 1. The van der Waals surface area contributed by atoms with Gasteiger partial charge in [-0.05, 0) is 104 Å². The van der Waals surface area contributed by atoms with Gasteiger partial charge in [0.2, 0.25) is 0 Å². The van der Waals surface area contributed by atoms with Crippen molar-refractivity contribution in [1.82, 2.24) is 40.6 Å². The lowest BCUT2D eigenvalue weighted by Gasteiger charge is -2.35. The van der Waals surface area contributed by atoms with E-state index in [-0.39, 0.29) is 35.7 Å². The highest BCUT2D eigenvalue weighted by Crippen LogP contribution is 2.33. The third kappa shape index (κ3) is 32.2. The van der Waals surface area contributed by atoms with Gasteiger partial charge in [0, 0.05) is 67.0 Å². The summed E-state index contributed by atoms with van der Waals surface area (Å²) in [5.41, 5.74) is 2.39. The number of ether oxygens (including phenoxy) is 2. The van der Waals surface area contributed by atoms with Crippen LogP contribution in [0.2, 0.25) is 0 Å². The number of thiazole rings is 1. The third-order valence-corrected chi connectivity index (χ3v) is 11.9. The monoisotopic (exact) mass is 1080 g/mol. The minimum absolute atomic E-state index is 0.00984. The average Bonchev–Trinajstić information content (AvgIpc) is 3.83. The molecular weight excluding hydrogens is 975 g/mol. The van der Waals surface area contributed by atoms with Crippen LogP contribution < -0.4 is 30.7 Å². The number of carboxylic acid groups (broad SMARTS) is 1. The van der Waals surface area contributed by atoms with E-state index in [1.807, 2.05) is 83.0 Å². The maximum absolute atomic E-state index is 11.8. The van der Waals surface area contributed by atoms with Gasteiger partial charge in [0.1, 0.15) is 48.8 Å². The molecule has 0 saturated carbocycles. The molecule has 18 nitrogen and oxygen atoms in total. The Morgan fingerprint density at radius 1 is 0.947 bits per heavy atom. The van der Waals surface area contributed by atoms with Crippen molar-refractivity contribution in [2.24, 2.45) is 17.3 Å². The molecule has 0 spiro atoms. The van der Waals surface area contributed by atoms with Crippen molar-refractivity contribution < 1.29 is 43.3 Å². The SMILES string of the molecule is C=O.CC.CC(C)C.CC(C)N(C)CCCN(C)CC(NC(=O)NCC=O)C(C)(C)C.CCC(C)C(N[C@@H]1C(=O)CCCN1C)C(=O)O.CCC=O.COc1ccc2c(OC)cc(-c3csc(NC(C)C)n3)nc2c1. The van der Waals surface area contributed by atoms with Crippen molar-refractivity contribution in [2.45, 2.75) is 166 Å².